The van der Waals surface area contributed by atoms with E-state index in [4.69, 9.17) is 5.73 Å². The highest BCUT2D eigenvalue weighted by atomic mass is 19.4. The molecule has 0 aliphatic heterocycles. The molecule has 102 valence electrons. The molecule has 19 heavy (non-hydrogen) atoms. The van der Waals surface area contributed by atoms with Crippen LogP contribution in [0, 0.1) is 5.82 Å². The summed E-state index contributed by atoms with van der Waals surface area (Å²) in [4.78, 5) is 0. The molecular formula is C12H11F4N3. The SMILES string of the molecule is NCCc1cc(C(F)(F)F)nn1-c1ccccc1F. The first kappa shape index (κ1) is 13.5. The number of benzene rings is 1. The Morgan fingerprint density at radius 1 is 1.21 bits per heavy atom. The topological polar surface area (TPSA) is 43.8 Å². The van der Waals surface area contributed by atoms with Crippen molar-refractivity contribution < 1.29 is 17.6 Å². The Hall–Kier alpha value is -1.89. The second kappa shape index (κ2) is 5.00. The van der Waals surface area contributed by atoms with Gasteiger partial charge < -0.3 is 5.73 Å². The van der Waals surface area contributed by atoms with Crippen molar-refractivity contribution in [3.05, 3.63) is 47.5 Å². The van der Waals surface area contributed by atoms with Gasteiger partial charge in [-0.25, -0.2) is 9.07 Å². The van der Waals surface area contributed by atoms with E-state index in [1.807, 2.05) is 0 Å². The van der Waals surface area contributed by atoms with Gasteiger partial charge in [0.15, 0.2) is 5.69 Å². The van der Waals surface area contributed by atoms with Crippen molar-refractivity contribution >= 4 is 0 Å². The molecule has 0 spiro atoms. The fourth-order valence-corrected chi connectivity index (χ4v) is 1.72. The van der Waals surface area contributed by atoms with Crippen LogP contribution < -0.4 is 5.73 Å². The molecular weight excluding hydrogens is 262 g/mol. The second-order valence-electron chi connectivity index (χ2n) is 3.92. The van der Waals surface area contributed by atoms with Gasteiger partial charge in [-0.15, -0.1) is 0 Å². The Kier molecular flexibility index (Phi) is 3.57. The quantitative estimate of drug-likeness (QED) is 0.873. The lowest BCUT2D eigenvalue weighted by Crippen LogP contribution is -2.10. The number of alkyl halides is 3. The third-order valence-electron chi connectivity index (χ3n) is 2.55. The Morgan fingerprint density at radius 2 is 1.89 bits per heavy atom. The third-order valence-corrected chi connectivity index (χ3v) is 2.55. The number of hydrogen-bond donors (Lipinski definition) is 1. The summed E-state index contributed by atoms with van der Waals surface area (Å²) in [7, 11) is 0. The van der Waals surface area contributed by atoms with Crippen LogP contribution in [0.5, 0.6) is 0 Å². The van der Waals surface area contributed by atoms with Crippen LogP contribution in [0.2, 0.25) is 0 Å². The summed E-state index contributed by atoms with van der Waals surface area (Å²) in [6.45, 7) is 0.150. The largest absolute Gasteiger partial charge is 0.435 e. The maximum absolute atomic E-state index is 13.6. The molecule has 1 heterocycles. The van der Waals surface area contributed by atoms with Crippen LogP contribution in [0.3, 0.4) is 0 Å². The van der Waals surface area contributed by atoms with E-state index in [1.165, 1.54) is 18.2 Å². The molecule has 0 bridgehead atoms. The van der Waals surface area contributed by atoms with Crippen LogP contribution in [0.15, 0.2) is 30.3 Å². The van der Waals surface area contributed by atoms with Gasteiger partial charge in [-0.2, -0.15) is 18.3 Å². The lowest BCUT2D eigenvalue weighted by atomic mass is 10.2. The van der Waals surface area contributed by atoms with Crippen molar-refractivity contribution in [3.8, 4) is 5.69 Å². The number of rotatable bonds is 3. The predicted molar refractivity (Wildman–Crippen MR) is 61.3 cm³/mol. The first-order valence-corrected chi connectivity index (χ1v) is 5.54. The zero-order valence-electron chi connectivity index (χ0n) is 9.78. The van der Waals surface area contributed by atoms with Gasteiger partial charge in [-0.1, -0.05) is 12.1 Å². The minimum Gasteiger partial charge on any atom is -0.330 e. The fraction of sp³-hybridized carbons (Fsp3) is 0.250. The molecule has 0 aliphatic carbocycles. The van der Waals surface area contributed by atoms with Crippen molar-refractivity contribution in [2.75, 3.05) is 6.54 Å². The molecule has 1 aromatic carbocycles. The summed E-state index contributed by atoms with van der Waals surface area (Å²) >= 11 is 0. The van der Waals surface area contributed by atoms with E-state index in [1.54, 1.807) is 0 Å². The van der Waals surface area contributed by atoms with Gasteiger partial charge in [0.1, 0.15) is 11.5 Å². The van der Waals surface area contributed by atoms with Crippen molar-refractivity contribution in [1.29, 1.82) is 0 Å². The monoisotopic (exact) mass is 273 g/mol. The molecule has 2 N–H and O–H groups in total. The highest BCUT2D eigenvalue weighted by Crippen LogP contribution is 2.30. The number of nitrogens with zero attached hydrogens (tertiary/aromatic N) is 2. The van der Waals surface area contributed by atoms with Gasteiger partial charge in [0.2, 0.25) is 0 Å². The van der Waals surface area contributed by atoms with Crippen molar-refractivity contribution in [2.24, 2.45) is 5.73 Å². The minimum atomic E-state index is -4.57. The second-order valence-corrected chi connectivity index (χ2v) is 3.92. The smallest absolute Gasteiger partial charge is 0.330 e. The molecule has 2 rings (SSSR count). The van der Waals surface area contributed by atoms with Gasteiger partial charge >= 0.3 is 6.18 Å². The average molecular weight is 273 g/mol. The summed E-state index contributed by atoms with van der Waals surface area (Å²) in [5.74, 6) is -0.641. The number of para-hydroxylation sites is 1. The standard InChI is InChI=1S/C12H11F4N3/c13-9-3-1-2-4-10(9)19-8(5-6-17)7-11(18-19)12(14,15)16/h1-4,7H,5-6,17H2. The molecule has 0 unspecified atom stereocenters. The van der Waals surface area contributed by atoms with E-state index in [2.05, 4.69) is 5.10 Å². The van der Waals surface area contributed by atoms with Crippen LogP contribution in [0.1, 0.15) is 11.4 Å². The van der Waals surface area contributed by atoms with Gasteiger partial charge in [0.25, 0.3) is 0 Å². The lowest BCUT2D eigenvalue weighted by Gasteiger charge is -2.07. The summed E-state index contributed by atoms with van der Waals surface area (Å²) < 4.78 is 52.5. The molecule has 0 radical (unpaired) electrons. The molecule has 3 nitrogen and oxygen atoms in total. The zero-order valence-corrected chi connectivity index (χ0v) is 9.78. The van der Waals surface area contributed by atoms with E-state index in [0.717, 1.165) is 16.8 Å². The Labute approximate surface area is 106 Å². The third kappa shape index (κ3) is 2.76. The van der Waals surface area contributed by atoms with Crippen molar-refractivity contribution in [3.63, 3.8) is 0 Å². The minimum absolute atomic E-state index is 0.0264. The first-order chi connectivity index (χ1) is 8.93. The van der Waals surface area contributed by atoms with Gasteiger partial charge in [0, 0.05) is 12.1 Å². The van der Waals surface area contributed by atoms with Crippen molar-refractivity contribution in [2.45, 2.75) is 12.6 Å². The fourth-order valence-electron chi connectivity index (χ4n) is 1.72. The van der Waals surface area contributed by atoms with Crippen LogP contribution in [-0.4, -0.2) is 16.3 Å². The number of hydrogen-bond acceptors (Lipinski definition) is 2. The molecule has 2 aromatic rings. The summed E-state index contributed by atoms with van der Waals surface area (Å²) in [6.07, 6.45) is -4.39. The lowest BCUT2D eigenvalue weighted by molar-refractivity contribution is -0.141. The number of aromatic nitrogens is 2. The maximum Gasteiger partial charge on any atom is 0.435 e. The molecule has 0 atom stereocenters. The zero-order chi connectivity index (χ0) is 14.0. The summed E-state index contributed by atoms with van der Waals surface area (Å²) in [6, 6.07) is 6.40. The Balaban J connectivity index is 2.56. The molecule has 0 fully saturated rings. The van der Waals surface area contributed by atoms with Gasteiger partial charge in [0.05, 0.1) is 0 Å². The number of nitrogens with two attached hydrogens (primary N) is 1. The van der Waals surface area contributed by atoms with E-state index in [9.17, 15) is 17.6 Å². The Morgan fingerprint density at radius 3 is 2.47 bits per heavy atom. The molecule has 0 amide bonds. The predicted octanol–water partition coefficient (Wildman–Crippen LogP) is 2.53. The van der Waals surface area contributed by atoms with Gasteiger partial charge in [-0.05, 0) is 24.7 Å². The highest BCUT2D eigenvalue weighted by molar-refractivity contribution is 5.35. The van der Waals surface area contributed by atoms with E-state index < -0.39 is 17.7 Å². The van der Waals surface area contributed by atoms with Crippen LogP contribution in [0.4, 0.5) is 17.6 Å². The first-order valence-electron chi connectivity index (χ1n) is 5.54. The van der Waals surface area contributed by atoms with Crippen LogP contribution in [0.25, 0.3) is 5.69 Å². The summed E-state index contributed by atoms with van der Waals surface area (Å²) in [5.41, 5.74) is 4.49. The van der Waals surface area contributed by atoms with E-state index in [-0.39, 0.29) is 24.3 Å². The average Bonchev–Trinajstić information content (AvgIpc) is 2.74. The normalized spacial score (nSPS) is 11.8. The van der Waals surface area contributed by atoms with Crippen LogP contribution >= 0.6 is 0 Å². The Bertz CT molecular complexity index is 575. The van der Waals surface area contributed by atoms with Crippen LogP contribution in [-0.2, 0) is 12.6 Å². The maximum atomic E-state index is 13.6. The molecule has 1 aromatic heterocycles. The summed E-state index contributed by atoms with van der Waals surface area (Å²) in [5, 5.41) is 3.43. The van der Waals surface area contributed by atoms with E-state index >= 15 is 0 Å². The molecule has 7 heteroatoms. The van der Waals surface area contributed by atoms with Gasteiger partial charge in [-0.3, -0.25) is 0 Å². The van der Waals surface area contributed by atoms with E-state index in [0.29, 0.717) is 0 Å². The highest BCUT2D eigenvalue weighted by Gasteiger charge is 2.35. The molecule has 0 aliphatic rings. The number of halogens is 4. The van der Waals surface area contributed by atoms with Crippen molar-refractivity contribution in [1.82, 2.24) is 9.78 Å². The molecule has 0 saturated heterocycles. The molecule has 0 saturated carbocycles.